The van der Waals surface area contributed by atoms with Crippen molar-refractivity contribution in [1.29, 1.82) is 0 Å². The van der Waals surface area contributed by atoms with Crippen molar-refractivity contribution < 1.29 is 14.3 Å². The van der Waals surface area contributed by atoms with Gasteiger partial charge < -0.3 is 9.52 Å². The maximum Gasteiger partial charge on any atom is 0.354 e. The Morgan fingerprint density at radius 2 is 2.28 bits per heavy atom. The topological polar surface area (TPSA) is 93.5 Å². The van der Waals surface area contributed by atoms with Gasteiger partial charge in [0.1, 0.15) is 0 Å². The van der Waals surface area contributed by atoms with Crippen LogP contribution in [0.15, 0.2) is 28.9 Å². The Balaban J connectivity index is 2.23. The van der Waals surface area contributed by atoms with Crippen LogP contribution in [0.4, 0.5) is 0 Å². The van der Waals surface area contributed by atoms with Crippen molar-refractivity contribution in [2.75, 3.05) is 0 Å². The van der Waals surface area contributed by atoms with Crippen molar-refractivity contribution in [3.63, 3.8) is 0 Å². The SMILES string of the molecule is Cc1cc(C(=O)O)nc2nc(-c3ccco3)nn12. The molecule has 3 aromatic heterocycles. The number of aromatic carboxylic acids is 1. The molecule has 0 spiro atoms. The first-order valence-corrected chi connectivity index (χ1v) is 5.17. The van der Waals surface area contributed by atoms with Gasteiger partial charge in [0, 0.05) is 5.69 Å². The molecule has 0 aromatic carbocycles. The maximum atomic E-state index is 10.9. The quantitative estimate of drug-likeness (QED) is 0.732. The van der Waals surface area contributed by atoms with Crippen LogP contribution in [-0.4, -0.2) is 30.7 Å². The van der Waals surface area contributed by atoms with Gasteiger partial charge in [-0.2, -0.15) is 4.98 Å². The lowest BCUT2D eigenvalue weighted by molar-refractivity contribution is 0.0690. The van der Waals surface area contributed by atoms with Gasteiger partial charge in [-0.05, 0) is 25.1 Å². The van der Waals surface area contributed by atoms with Crippen molar-refractivity contribution in [2.24, 2.45) is 0 Å². The fourth-order valence-corrected chi connectivity index (χ4v) is 1.63. The molecule has 0 aliphatic carbocycles. The van der Waals surface area contributed by atoms with Gasteiger partial charge in [-0.15, -0.1) is 5.10 Å². The van der Waals surface area contributed by atoms with E-state index in [4.69, 9.17) is 9.52 Å². The third-order valence-electron chi connectivity index (χ3n) is 2.45. The van der Waals surface area contributed by atoms with E-state index in [9.17, 15) is 4.79 Å². The van der Waals surface area contributed by atoms with Gasteiger partial charge in [-0.25, -0.2) is 14.3 Å². The minimum atomic E-state index is -1.09. The standard InChI is InChI=1S/C11H8N4O3/c1-6-5-7(10(16)17)12-11-13-9(14-15(6)11)8-3-2-4-18-8/h2-5H,1H3,(H,16,17). The first-order valence-electron chi connectivity index (χ1n) is 5.17. The van der Waals surface area contributed by atoms with Gasteiger partial charge in [0.15, 0.2) is 11.5 Å². The average Bonchev–Trinajstić information content (AvgIpc) is 2.96. The molecule has 7 heteroatoms. The molecule has 7 nitrogen and oxygen atoms in total. The first kappa shape index (κ1) is 10.5. The molecule has 0 aliphatic rings. The van der Waals surface area contributed by atoms with Crippen molar-refractivity contribution in [3.8, 4) is 11.6 Å². The van der Waals surface area contributed by atoms with Gasteiger partial charge in [-0.3, -0.25) is 0 Å². The van der Waals surface area contributed by atoms with Crippen LogP contribution in [0.25, 0.3) is 17.4 Å². The Bertz CT molecular complexity index is 730. The van der Waals surface area contributed by atoms with E-state index in [1.165, 1.54) is 16.8 Å². The fourth-order valence-electron chi connectivity index (χ4n) is 1.63. The summed E-state index contributed by atoms with van der Waals surface area (Å²) in [7, 11) is 0. The minimum absolute atomic E-state index is 0.0570. The highest BCUT2D eigenvalue weighted by Gasteiger charge is 2.14. The van der Waals surface area contributed by atoms with Gasteiger partial charge in [0.2, 0.25) is 5.82 Å². The number of aromatic nitrogens is 4. The molecule has 0 aliphatic heterocycles. The summed E-state index contributed by atoms with van der Waals surface area (Å²) in [4.78, 5) is 19.0. The average molecular weight is 244 g/mol. The molecular weight excluding hydrogens is 236 g/mol. The summed E-state index contributed by atoms with van der Waals surface area (Å²) in [5.41, 5.74) is 0.584. The molecule has 3 aromatic rings. The van der Waals surface area contributed by atoms with Crippen LogP contribution in [0.3, 0.4) is 0 Å². The lowest BCUT2D eigenvalue weighted by atomic mass is 10.3. The molecule has 0 unspecified atom stereocenters. The molecular formula is C11H8N4O3. The number of hydrogen-bond acceptors (Lipinski definition) is 5. The van der Waals surface area contributed by atoms with E-state index >= 15 is 0 Å². The van der Waals surface area contributed by atoms with Crippen molar-refractivity contribution in [3.05, 3.63) is 35.9 Å². The summed E-state index contributed by atoms with van der Waals surface area (Å²) in [5.74, 6) is 0.0249. The van der Waals surface area contributed by atoms with E-state index in [0.29, 0.717) is 17.3 Å². The highest BCUT2D eigenvalue weighted by Crippen LogP contribution is 2.16. The number of nitrogens with zero attached hydrogens (tertiary/aromatic N) is 4. The van der Waals surface area contributed by atoms with Crippen LogP contribution in [0.5, 0.6) is 0 Å². The molecule has 3 rings (SSSR count). The summed E-state index contributed by atoms with van der Waals surface area (Å²) in [6.07, 6.45) is 1.52. The van der Waals surface area contributed by atoms with Crippen LogP contribution in [0.1, 0.15) is 16.2 Å². The van der Waals surface area contributed by atoms with E-state index in [0.717, 1.165) is 0 Å². The second-order valence-electron chi connectivity index (χ2n) is 3.71. The molecule has 0 radical (unpaired) electrons. The molecule has 1 N–H and O–H groups in total. The Morgan fingerprint density at radius 1 is 1.44 bits per heavy atom. The zero-order valence-corrected chi connectivity index (χ0v) is 9.36. The number of fused-ring (bicyclic) bond motifs is 1. The molecule has 18 heavy (non-hydrogen) atoms. The van der Waals surface area contributed by atoms with Crippen molar-refractivity contribution >= 4 is 11.7 Å². The van der Waals surface area contributed by atoms with Crippen LogP contribution >= 0.6 is 0 Å². The molecule has 0 atom stereocenters. The number of hydrogen-bond donors (Lipinski definition) is 1. The number of aryl methyl sites for hydroxylation is 1. The third-order valence-corrected chi connectivity index (χ3v) is 2.45. The number of rotatable bonds is 2. The van der Waals surface area contributed by atoms with E-state index in [1.54, 1.807) is 19.1 Å². The van der Waals surface area contributed by atoms with Crippen LogP contribution in [0, 0.1) is 6.92 Å². The normalized spacial score (nSPS) is 10.9. The van der Waals surface area contributed by atoms with E-state index in [1.807, 2.05) is 0 Å². The van der Waals surface area contributed by atoms with Crippen LogP contribution in [-0.2, 0) is 0 Å². The molecule has 0 saturated heterocycles. The van der Waals surface area contributed by atoms with Crippen LogP contribution in [0.2, 0.25) is 0 Å². The first-order chi connectivity index (χ1) is 8.65. The Hall–Kier alpha value is -2.70. The number of furan rings is 1. The zero-order chi connectivity index (χ0) is 12.7. The largest absolute Gasteiger partial charge is 0.477 e. The highest BCUT2D eigenvalue weighted by molar-refractivity contribution is 5.85. The van der Waals surface area contributed by atoms with E-state index in [2.05, 4.69) is 15.1 Å². The van der Waals surface area contributed by atoms with Crippen LogP contribution < -0.4 is 0 Å². The van der Waals surface area contributed by atoms with Crippen molar-refractivity contribution in [2.45, 2.75) is 6.92 Å². The summed E-state index contributed by atoms with van der Waals surface area (Å²) in [5, 5.41) is 13.1. The van der Waals surface area contributed by atoms with E-state index in [-0.39, 0.29) is 11.5 Å². The molecule has 0 bridgehead atoms. The van der Waals surface area contributed by atoms with Gasteiger partial charge in [0.25, 0.3) is 5.78 Å². The molecule has 90 valence electrons. The second kappa shape index (κ2) is 3.66. The summed E-state index contributed by atoms with van der Waals surface area (Å²) in [6.45, 7) is 1.74. The number of carbonyl (C=O) groups is 1. The second-order valence-corrected chi connectivity index (χ2v) is 3.71. The van der Waals surface area contributed by atoms with Gasteiger partial charge >= 0.3 is 5.97 Å². The monoisotopic (exact) mass is 244 g/mol. The smallest absolute Gasteiger partial charge is 0.354 e. The third kappa shape index (κ3) is 1.53. The molecule has 0 fully saturated rings. The predicted molar refractivity (Wildman–Crippen MR) is 60.2 cm³/mol. The minimum Gasteiger partial charge on any atom is -0.477 e. The Kier molecular flexibility index (Phi) is 2.12. The molecule has 0 amide bonds. The van der Waals surface area contributed by atoms with Gasteiger partial charge in [-0.1, -0.05) is 0 Å². The number of carboxylic acids is 1. The summed E-state index contributed by atoms with van der Waals surface area (Å²) in [6, 6.07) is 4.89. The summed E-state index contributed by atoms with van der Waals surface area (Å²) < 4.78 is 6.66. The van der Waals surface area contributed by atoms with E-state index < -0.39 is 5.97 Å². The van der Waals surface area contributed by atoms with Crippen molar-refractivity contribution in [1.82, 2.24) is 19.6 Å². The summed E-state index contributed by atoms with van der Waals surface area (Å²) >= 11 is 0. The maximum absolute atomic E-state index is 10.9. The highest BCUT2D eigenvalue weighted by atomic mass is 16.4. The molecule has 3 heterocycles. The van der Waals surface area contributed by atoms with Gasteiger partial charge in [0.05, 0.1) is 6.26 Å². The Labute approximate surface area is 101 Å². The lowest BCUT2D eigenvalue weighted by Gasteiger charge is -1.98. The Morgan fingerprint density at radius 3 is 2.94 bits per heavy atom. The lowest BCUT2D eigenvalue weighted by Crippen LogP contribution is -2.05. The fraction of sp³-hybridized carbons (Fsp3) is 0.0909. The molecule has 0 saturated carbocycles. The number of carboxylic acid groups (broad SMARTS) is 1. The zero-order valence-electron chi connectivity index (χ0n) is 9.36. The predicted octanol–water partition coefficient (Wildman–Crippen LogP) is 1.39.